The first-order valence-corrected chi connectivity index (χ1v) is 3.47. The highest BCUT2D eigenvalue weighted by molar-refractivity contribution is 7.11. The molecule has 1 rings (SSSR count). The van der Waals surface area contributed by atoms with Gasteiger partial charge >= 0.3 is 0 Å². The molecule has 1 heterocycles. The molecule has 0 aromatic carbocycles. The zero-order chi connectivity index (χ0) is 5.82. The third-order valence-electron chi connectivity index (χ3n) is 0.782. The molecule has 0 spiro atoms. The number of rotatable bonds is 2. The fraction of sp³-hybridized carbons (Fsp3) is 0.333. The van der Waals surface area contributed by atoms with Crippen LogP contribution in [0.5, 0.6) is 5.06 Å². The Morgan fingerprint density at radius 1 is 1.67 bits per heavy atom. The Balaban J connectivity index is 0.000000640. The second-order valence-electron chi connectivity index (χ2n) is 1.37. The van der Waals surface area contributed by atoms with Crippen molar-refractivity contribution in [3.8, 4) is 5.06 Å². The number of ether oxygens (including phenoxy) is 1. The van der Waals surface area contributed by atoms with Gasteiger partial charge in [0, 0.05) is 6.15 Å². The van der Waals surface area contributed by atoms with E-state index in [1.807, 2.05) is 24.4 Å². The van der Waals surface area contributed by atoms with Crippen molar-refractivity contribution in [2.45, 2.75) is 6.92 Å². The van der Waals surface area contributed by atoms with Crippen molar-refractivity contribution in [2.24, 2.45) is 0 Å². The summed E-state index contributed by atoms with van der Waals surface area (Å²) in [7, 11) is 0. The summed E-state index contributed by atoms with van der Waals surface area (Å²) in [4.78, 5) is 0. The fourth-order valence-electron chi connectivity index (χ4n) is 0.488. The van der Waals surface area contributed by atoms with E-state index in [0.717, 1.165) is 11.7 Å². The van der Waals surface area contributed by atoms with Gasteiger partial charge in [0.2, 0.25) is 0 Å². The van der Waals surface area contributed by atoms with Crippen LogP contribution in [0.3, 0.4) is 0 Å². The topological polar surface area (TPSA) is 39.7 Å². The summed E-state index contributed by atoms with van der Waals surface area (Å²) in [5.41, 5.74) is 0. The van der Waals surface area contributed by atoms with Crippen LogP contribution >= 0.6 is 11.3 Å². The van der Waals surface area contributed by atoms with Gasteiger partial charge in [-0.1, -0.05) is 0 Å². The second-order valence-corrected chi connectivity index (χ2v) is 2.28. The first kappa shape index (κ1) is 8.46. The standard InChI is InChI=1S/C6H8OS.N/c1-2-7-6-4-3-5-8-6;/h3-5H,2H2,1H3;. The average molecular weight is 142 g/mol. The van der Waals surface area contributed by atoms with Crippen LogP contribution in [0.2, 0.25) is 0 Å². The first-order chi connectivity index (χ1) is 3.93. The van der Waals surface area contributed by atoms with Crippen LogP contribution in [-0.4, -0.2) is 6.61 Å². The van der Waals surface area contributed by atoms with Crippen LogP contribution in [-0.2, 0) is 0 Å². The number of hydrogen-bond donors (Lipinski definition) is 0. The van der Waals surface area contributed by atoms with E-state index in [-0.39, 0.29) is 6.15 Å². The van der Waals surface area contributed by atoms with E-state index < -0.39 is 0 Å². The van der Waals surface area contributed by atoms with E-state index in [4.69, 9.17) is 4.74 Å². The van der Waals surface area contributed by atoms with Crippen LogP contribution in [0.15, 0.2) is 17.5 Å². The van der Waals surface area contributed by atoms with E-state index >= 15 is 0 Å². The summed E-state index contributed by atoms with van der Waals surface area (Å²) in [6, 6.07) is 3.95. The number of thiophene rings is 1. The summed E-state index contributed by atoms with van der Waals surface area (Å²) in [5, 5.41) is 3.01. The van der Waals surface area contributed by atoms with Crippen LogP contribution in [0.25, 0.3) is 0 Å². The molecule has 0 fully saturated rings. The quantitative estimate of drug-likeness (QED) is 0.619. The smallest absolute Gasteiger partial charge is 0.173 e. The van der Waals surface area contributed by atoms with Crippen LogP contribution < -0.4 is 10.9 Å². The van der Waals surface area contributed by atoms with E-state index in [1.54, 1.807) is 11.3 Å². The van der Waals surface area contributed by atoms with Crippen molar-refractivity contribution in [2.75, 3.05) is 6.61 Å². The Kier molecular flexibility index (Phi) is 4.09. The molecule has 1 aromatic heterocycles. The molecule has 3 heteroatoms. The molecule has 49 valence electrons. The van der Waals surface area contributed by atoms with Gasteiger partial charge < -0.3 is 4.74 Å². The van der Waals surface area contributed by atoms with E-state index in [2.05, 4.69) is 0 Å². The fourth-order valence-corrected chi connectivity index (χ4v) is 1.12. The van der Waals surface area contributed by atoms with Crippen molar-refractivity contribution >= 4 is 11.3 Å². The molecule has 0 unspecified atom stereocenters. The van der Waals surface area contributed by atoms with Gasteiger partial charge in [-0.3, -0.25) is 0 Å². The summed E-state index contributed by atoms with van der Waals surface area (Å²) < 4.78 is 5.16. The van der Waals surface area contributed by atoms with Gasteiger partial charge in [0.05, 0.1) is 6.61 Å². The van der Waals surface area contributed by atoms with Crippen molar-refractivity contribution in [1.82, 2.24) is 6.15 Å². The van der Waals surface area contributed by atoms with Crippen LogP contribution in [0.4, 0.5) is 0 Å². The summed E-state index contributed by atoms with van der Waals surface area (Å²) in [5.74, 6) is 0. The minimum absolute atomic E-state index is 0. The highest BCUT2D eigenvalue weighted by Crippen LogP contribution is 2.17. The second kappa shape index (κ2) is 4.35. The molecular formula is C6H8NOS. The lowest BCUT2D eigenvalue weighted by molar-refractivity contribution is 0.350. The Bertz CT molecular complexity index is 139. The highest BCUT2D eigenvalue weighted by atomic mass is 32.1. The number of nitrogens with zero attached hydrogens (tertiary/aromatic N) is 1. The van der Waals surface area contributed by atoms with Gasteiger partial charge in [-0.05, 0) is 24.4 Å². The third-order valence-corrected chi connectivity index (χ3v) is 1.56. The minimum atomic E-state index is 0. The Morgan fingerprint density at radius 2 is 2.44 bits per heavy atom. The molecule has 0 atom stereocenters. The largest absolute Gasteiger partial charge is 0.484 e. The normalized spacial score (nSPS) is 8.11. The van der Waals surface area contributed by atoms with Gasteiger partial charge in [-0.15, -0.1) is 11.3 Å². The van der Waals surface area contributed by atoms with Gasteiger partial charge in [-0.25, -0.2) is 0 Å². The maximum atomic E-state index is 5.16. The molecule has 9 heavy (non-hydrogen) atoms. The van der Waals surface area contributed by atoms with E-state index in [9.17, 15) is 0 Å². The molecule has 0 saturated heterocycles. The first-order valence-electron chi connectivity index (χ1n) is 2.60. The molecule has 2 nitrogen and oxygen atoms in total. The van der Waals surface area contributed by atoms with E-state index in [1.165, 1.54) is 0 Å². The lowest BCUT2D eigenvalue weighted by Crippen LogP contribution is -1.86. The SMILES string of the molecule is CCOc1cccs1.[N]. The lowest BCUT2D eigenvalue weighted by Gasteiger charge is -1.93. The maximum Gasteiger partial charge on any atom is 0.173 e. The Hall–Kier alpha value is -0.540. The minimum Gasteiger partial charge on any atom is -0.484 e. The zero-order valence-electron chi connectivity index (χ0n) is 5.20. The van der Waals surface area contributed by atoms with Crippen LogP contribution in [0.1, 0.15) is 6.92 Å². The van der Waals surface area contributed by atoms with Crippen molar-refractivity contribution in [1.29, 1.82) is 0 Å². The molecule has 1 aromatic rings. The third kappa shape index (κ3) is 2.49. The van der Waals surface area contributed by atoms with Gasteiger partial charge in [0.15, 0.2) is 5.06 Å². The molecule has 0 bridgehead atoms. The van der Waals surface area contributed by atoms with Crippen molar-refractivity contribution in [3.05, 3.63) is 17.5 Å². The van der Waals surface area contributed by atoms with Gasteiger partial charge in [0.1, 0.15) is 0 Å². The summed E-state index contributed by atoms with van der Waals surface area (Å²) in [6.45, 7) is 2.75. The van der Waals surface area contributed by atoms with Crippen molar-refractivity contribution in [3.63, 3.8) is 0 Å². The zero-order valence-corrected chi connectivity index (χ0v) is 6.02. The highest BCUT2D eigenvalue weighted by Gasteiger charge is 1.86. The molecule has 0 amide bonds. The maximum absolute atomic E-state index is 5.16. The molecule has 0 aliphatic carbocycles. The lowest BCUT2D eigenvalue weighted by atomic mass is 10.6. The monoisotopic (exact) mass is 142 g/mol. The summed E-state index contributed by atoms with van der Waals surface area (Å²) >= 11 is 1.63. The predicted molar refractivity (Wildman–Crippen MR) is 37.6 cm³/mol. The molecule has 0 aliphatic heterocycles. The van der Waals surface area contributed by atoms with Crippen molar-refractivity contribution < 1.29 is 4.74 Å². The molecule has 3 radical (unpaired) electrons. The van der Waals surface area contributed by atoms with Gasteiger partial charge in [-0.2, -0.15) is 0 Å². The molecule has 0 saturated carbocycles. The predicted octanol–water partition coefficient (Wildman–Crippen LogP) is 1.67. The van der Waals surface area contributed by atoms with Crippen LogP contribution in [0, 0.1) is 0 Å². The molecule has 0 aliphatic rings. The number of hydrogen-bond acceptors (Lipinski definition) is 2. The van der Waals surface area contributed by atoms with E-state index in [0.29, 0.717) is 0 Å². The average Bonchev–Trinajstić information content (AvgIpc) is 2.19. The Morgan fingerprint density at radius 3 is 2.89 bits per heavy atom. The molecule has 0 N–H and O–H groups in total. The van der Waals surface area contributed by atoms with Gasteiger partial charge in [0.25, 0.3) is 0 Å². The molecular weight excluding hydrogens is 134 g/mol. The summed E-state index contributed by atoms with van der Waals surface area (Å²) in [6.07, 6.45) is 0. The Labute approximate surface area is 59.1 Å².